The third-order valence-corrected chi connectivity index (χ3v) is 5.12. The number of nitrogen functional groups attached to an aromatic ring is 2. The summed E-state index contributed by atoms with van der Waals surface area (Å²) in [7, 11) is 1.50. The van der Waals surface area contributed by atoms with E-state index in [9.17, 15) is 15.4 Å². The number of benzene rings is 1. The number of pyridine rings is 1. The first kappa shape index (κ1) is 21.8. The third kappa shape index (κ3) is 3.82. The molecular weight excluding hydrogens is 442 g/mol. The molecule has 0 amide bonds. The lowest BCUT2D eigenvalue weighted by atomic mass is 9.94. The SMILES string of the molecule is COc1ccc(C2N=C(NC#N)Nc3nc(N)c(C#N)c(N)c32)cc1Cn1ccc([N+](=O)[O-])n1. The van der Waals surface area contributed by atoms with Gasteiger partial charge < -0.3 is 31.6 Å². The van der Waals surface area contributed by atoms with Gasteiger partial charge in [-0.25, -0.2) is 9.98 Å². The van der Waals surface area contributed by atoms with Crippen LogP contribution in [0.25, 0.3) is 0 Å². The van der Waals surface area contributed by atoms with Crippen LogP contribution in [0.4, 0.5) is 23.1 Å². The van der Waals surface area contributed by atoms with Gasteiger partial charge in [0.25, 0.3) is 0 Å². The Hall–Kier alpha value is -5.37. The maximum Gasteiger partial charge on any atom is 0.389 e. The maximum atomic E-state index is 11.0. The van der Waals surface area contributed by atoms with E-state index >= 15 is 0 Å². The molecule has 4 rings (SSSR count). The second-order valence-corrected chi connectivity index (χ2v) is 7.10. The minimum absolute atomic E-state index is 0.0232. The van der Waals surface area contributed by atoms with Gasteiger partial charge in [0.05, 0.1) is 36.7 Å². The quantitative estimate of drug-likeness (QED) is 0.184. The van der Waals surface area contributed by atoms with Crippen molar-refractivity contribution < 1.29 is 9.66 Å². The molecule has 14 heteroatoms. The minimum Gasteiger partial charge on any atom is -0.496 e. The maximum absolute atomic E-state index is 11.0. The van der Waals surface area contributed by atoms with E-state index in [0.29, 0.717) is 22.4 Å². The highest BCUT2D eigenvalue weighted by Crippen LogP contribution is 2.41. The average molecular weight is 459 g/mol. The van der Waals surface area contributed by atoms with Crippen LogP contribution in [0.5, 0.6) is 5.75 Å². The van der Waals surface area contributed by atoms with E-state index in [1.807, 2.05) is 6.07 Å². The van der Waals surface area contributed by atoms with Gasteiger partial charge in [0, 0.05) is 11.1 Å². The zero-order valence-electron chi connectivity index (χ0n) is 17.7. The van der Waals surface area contributed by atoms with Crippen LogP contribution in [0.2, 0.25) is 0 Å². The number of hydrogen-bond donors (Lipinski definition) is 4. The second kappa shape index (κ2) is 8.64. The summed E-state index contributed by atoms with van der Waals surface area (Å²) in [5, 5.41) is 38.7. The van der Waals surface area contributed by atoms with Crippen LogP contribution < -0.4 is 26.8 Å². The van der Waals surface area contributed by atoms with Gasteiger partial charge in [0.15, 0.2) is 6.19 Å². The monoisotopic (exact) mass is 459 g/mol. The normalized spacial score (nSPS) is 14.1. The molecule has 0 fully saturated rings. The summed E-state index contributed by atoms with van der Waals surface area (Å²) in [6.07, 6.45) is 3.28. The van der Waals surface area contributed by atoms with E-state index < -0.39 is 11.0 Å². The predicted molar refractivity (Wildman–Crippen MR) is 120 cm³/mol. The second-order valence-electron chi connectivity index (χ2n) is 7.10. The van der Waals surface area contributed by atoms with Crippen molar-refractivity contribution in [3.8, 4) is 18.0 Å². The van der Waals surface area contributed by atoms with Gasteiger partial charge >= 0.3 is 5.82 Å². The average Bonchev–Trinajstić information content (AvgIpc) is 3.28. The summed E-state index contributed by atoms with van der Waals surface area (Å²) in [5.74, 6) is 0.568. The summed E-state index contributed by atoms with van der Waals surface area (Å²) in [6, 6.07) is 7.75. The Bertz CT molecular complexity index is 1410. The molecule has 1 aliphatic heterocycles. The van der Waals surface area contributed by atoms with Crippen LogP contribution in [0.1, 0.15) is 28.3 Å². The first-order chi connectivity index (χ1) is 16.4. The van der Waals surface area contributed by atoms with Crippen LogP contribution in [-0.4, -0.2) is 32.8 Å². The molecule has 0 spiro atoms. The Morgan fingerprint density at radius 3 is 2.79 bits per heavy atom. The first-order valence-corrected chi connectivity index (χ1v) is 9.69. The fourth-order valence-electron chi connectivity index (χ4n) is 3.63. The molecule has 170 valence electrons. The van der Waals surface area contributed by atoms with E-state index in [2.05, 4.69) is 25.7 Å². The molecule has 1 aromatic carbocycles. The van der Waals surface area contributed by atoms with Gasteiger partial charge in [0.2, 0.25) is 5.96 Å². The number of nitriles is 2. The van der Waals surface area contributed by atoms with Gasteiger partial charge in [0.1, 0.15) is 35.1 Å². The molecule has 1 aliphatic rings. The molecule has 1 unspecified atom stereocenters. The summed E-state index contributed by atoms with van der Waals surface area (Å²) in [4.78, 5) is 19.1. The Kier molecular flexibility index (Phi) is 5.55. The number of guanidine groups is 1. The smallest absolute Gasteiger partial charge is 0.389 e. The van der Waals surface area contributed by atoms with Crippen molar-refractivity contribution >= 4 is 29.1 Å². The number of aliphatic imine (C=N–C) groups is 1. The van der Waals surface area contributed by atoms with E-state index in [4.69, 9.17) is 21.5 Å². The Morgan fingerprint density at radius 1 is 1.35 bits per heavy atom. The van der Waals surface area contributed by atoms with Gasteiger partial charge in [-0.1, -0.05) is 6.07 Å². The Balaban J connectivity index is 1.83. The van der Waals surface area contributed by atoms with Crippen molar-refractivity contribution in [2.24, 2.45) is 4.99 Å². The van der Waals surface area contributed by atoms with Crippen LogP contribution in [0, 0.1) is 32.9 Å². The van der Waals surface area contributed by atoms with Gasteiger partial charge in [-0.2, -0.15) is 15.2 Å². The number of aromatic nitrogens is 3. The number of nitrogens with one attached hydrogen (secondary N) is 2. The van der Waals surface area contributed by atoms with Crippen molar-refractivity contribution in [2.75, 3.05) is 23.9 Å². The highest BCUT2D eigenvalue weighted by molar-refractivity contribution is 5.98. The standard InChI is InChI=1S/C20H17N11O3/c1-34-13-3-2-10(6-11(13)8-30-5-4-14(29-30)31(32)33)17-15-16(23)12(7-21)18(24)27-19(15)28-20(26-17)25-9-22/h2-6,17H,8H2,1H3,(H6,23,24,25,26,27,28). The lowest BCUT2D eigenvalue weighted by Crippen LogP contribution is -2.32. The topological polar surface area (TPSA) is 219 Å². The lowest BCUT2D eigenvalue weighted by Gasteiger charge is -2.26. The van der Waals surface area contributed by atoms with E-state index in [-0.39, 0.29) is 41.2 Å². The van der Waals surface area contributed by atoms with E-state index in [1.54, 1.807) is 24.4 Å². The van der Waals surface area contributed by atoms with E-state index in [0.717, 1.165) is 0 Å². The number of rotatable bonds is 5. The third-order valence-electron chi connectivity index (χ3n) is 5.12. The minimum atomic E-state index is -0.746. The predicted octanol–water partition coefficient (Wildman–Crippen LogP) is 1.22. The molecule has 0 saturated carbocycles. The number of fused-ring (bicyclic) bond motifs is 1. The molecule has 0 bridgehead atoms. The lowest BCUT2D eigenvalue weighted by molar-refractivity contribution is -0.389. The molecule has 0 aliphatic carbocycles. The molecule has 3 aromatic rings. The molecule has 2 aromatic heterocycles. The van der Waals surface area contributed by atoms with E-state index in [1.165, 1.54) is 24.1 Å². The van der Waals surface area contributed by atoms with Gasteiger partial charge in [-0.3, -0.25) is 5.32 Å². The fraction of sp³-hybridized carbons (Fsp3) is 0.150. The molecule has 1 atom stereocenters. The number of hydrogen-bond acceptors (Lipinski definition) is 12. The highest BCUT2D eigenvalue weighted by Gasteiger charge is 2.30. The number of ether oxygens (including phenoxy) is 1. The zero-order valence-corrected chi connectivity index (χ0v) is 17.7. The number of nitrogens with zero attached hydrogens (tertiary/aromatic N) is 7. The number of nitro groups is 1. The first-order valence-electron chi connectivity index (χ1n) is 9.69. The van der Waals surface area contributed by atoms with Gasteiger partial charge in [-0.05, 0) is 22.6 Å². The molecule has 0 radical (unpaired) electrons. The van der Waals surface area contributed by atoms with Crippen molar-refractivity contribution in [3.05, 3.63) is 62.8 Å². The molecule has 14 nitrogen and oxygen atoms in total. The van der Waals surface area contributed by atoms with Crippen LogP contribution in [0.15, 0.2) is 35.5 Å². The molecule has 0 saturated heterocycles. The number of methoxy groups -OCH3 is 1. The summed E-state index contributed by atoms with van der Waals surface area (Å²) in [5.41, 5.74) is 14.0. The van der Waals surface area contributed by atoms with Crippen molar-refractivity contribution in [3.63, 3.8) is 0 Å². The van der Waals surface area contributed by atoms with Gasteiger partial charge in [-0.15, -0.1) is 0 Å². The molecule has 6 N–H and O–H groups in total. The molecular formula is C20H17N11O3. The van der Waals surface area contributed by atoms with Crippen molar-refractivity contribution in [2.45, 2.75) is 12.6 Å². The highest BCUT2D eigenvalue weighted by atomic mass is 16.6. The van der Waals surface area contributed by atoms with Crippen molar-refractivity contribution in [1.82, 2.24) is 20.1 Å². The van der Waals surface area contributed by atoms with Crippen LogP contribution >= 0.6 is 0 Å². The van der Waals surface area contributed by atoms with Crippen molar-refractivity contribution in [1.29, 1.82) is 10.5 Å². The number of anilines is 3. The summed E-state index contributed by atoms with van der Waals surface area (Å²) in [6.45, 7) is 0.175. The molecule has 3 heterocycles. The summed E-state index contributed by atoms with van der Waals surface area (Å²) < 4.78 is 6.85. The molecule has 34 heavy (non-hydrogen) atoms. The Labute approximate surface area is 192 Å². The van der Waals surface area contributed by atoms with Crippen LogP contribution in [-0.2, 0) is 6.54 Å². The zero-order chi connectivity index (χ0) is 24.4. The largest absolute Gasteiger partial charge is 0.496 e. The van der Waals surface area contributed by atoms with Crippen LogP contribution in [0.3, 0.4) is 0 Å². The number of nitrogens with two attached hydrogens (primary N) is 2. The summed E-state index contributed by atoms with van der Waals surface area (Å²) >= 11 is 0. The Morgan fingerprint density at radius 2 is 2.15 bits per heavy atom. The fourth-order valence-corrected chi connectivity index (χ4v) is 3.63.